The third kappa shape index (κ3) is 2.66. The lowest BCUT2D eigenvalue weighted by atomic mass is 9.92. The van der Waals surface area contributed by atoms with E-state index in [4.69, 9.17) is 9.15 Å². The number of likely N-dealkylation sites (N-methyl/N-ethyl adjacent to an activating group) is 1. The van der Waals surface area contributed by atoms with Crippen molar-refractivity contribution in [2.45, 2.75) is 12.5 Å². The Morgan fingerprint density at radius 1 is 1.42 bits per heavy atom. The van der Waals surface area contributed by atoms with Crippen molar-refractivity contribution >= 4 is 12.4 Å². The highest BCUT2D eigenvalue weighted by Gasteiger charge is 2.23. The molecule has 19 heavy (non-hydrogen) atoms. The Morgan fingerprint density at radius 2 is 2.32 bits per heavy atom. The fraction of sp³-hybridized carbons (Fsp3) is 0.357. The van der Waals surface area contributed by atoms with Gasteiger partial charge in [-0.3, -0.25) is 0 Å². The minimum Gasteiger partial charge on any atom is -0.444 e. The van der Waals surface area contributed by atoms with Crippen molar-refractivity contribution in [2.75, 3.05) is 20.2 Å². The predicted molar refractivity (Wildman–Crippen MR) is 75.5 cm³/mol. The first-order chi connectivity index (χ1) is 8.90. The number of nitrogens with one attached hydrogen (secondary N) is 1. The number of nitrogens with zero attached hydrogens (tertiary/aromatic N) is 1. The first-order valence-corrected chi connectivity index (χ1v) is 6.17. The number of oxazole rings is 1. The zero-order valence-electron chi connectivity index (χ0n) is 10.8. The molecule has 0 fully saturated rings. The van der Waals surface area contributed by atoms with E-state index in [0.29, 0.717) is 0 Å². The fourth-order valence-electron chi connectivity index (χ4n) is 2.51. The van der Waals surface area contributed by atoms with Crippen LogP contribution in [0, 0.1) is 0 Å². The Balaban J connectivity index is 0.00000133. The lowest BCUT2D eigenvalue weighted by Gasteiger charge is -2.27. The summed E-state index contributed by atoms with van der Waals surface area (Å²) in [5.74, 6) is 0.831. The minimum atomic E-state index is 0. The lowest BCUT2D eigenvalue weighted by Crippen LogP contribution is -2.25. The van der Waals surface area contributed by atoms with Gasteiger partial charge in [-0.1, -0.05) is 18.2 Å². The molecule has 0 unspecified atom stereocenters. The average Bonchev–Trinajstić information content (AvgIpc) is 2.93. The molecule has 5 heteroatoms. The molecule has 4 nitrogen and oxygen atoms in total. The maximum absolute atomic E-state index is 5.81. The zero-order valence-corrected chi connectivity index (χ0v) is 11.6. The third-order valence-corrected chi connectivity index (χ3v) is 3.32. The van der Waals surface area contributed by atoms with E-state index in [1.165, 1.54) is 17.5 Å². The van der Waals surface area contributed by atoms with Crippen molar-refractivity contribution in [3.05, 3.63) is 41.9 Å². The van der Waals surface area contributed by atoms with E-state index in [1.807, 2.05) is 13.1 Å². The van der Waals surface area contributed by atoms with Crippen LogP contribution in [0.2, 0.25) is 0 Å². The van der Waals surface area contributed by atoms with Crippen LogP contribution in [-0.4, -0.2) is 25.2 Å². The largest absolute Gasteiger partial charge is 0.444 e. The molecule has 102 valence electrons. The predicted octanol–water partition coefficient (Wildman–Crippen LogP) is 2.60. The topological polar surface area (TPSA) is 47.3 Å². The molecular formula is C14H17ClN2O2. The normalized spacial score (nSPS) is 17.6. The van der Waals surface area contributed by atoms with Gasteiger partial charge in [-0.2, -0.15) is 0 Å². The number of halogens is 1. The molecule has 1 aromatic carbocycles. The number of fused-ring (bicyclic) bond motifs is 1. The van der Waals surface area contributed by atoms with Gasteiger partial charge in [-0.15, -0.1) is 12.4 Å². The second-order valence-corrected chi connectivity index (χ2v) is 4.41. The Bertz CT molecular complexity index is 528. The summed E-state index contributed by atoms with van der Waals surface area (Å²) in [7, 11) is 1.94. The highest BCUT2D eigenvalue weighted by Crippen LogP contribution is 2.33. The second-order valence-electron chi connectivity index (χ2n) is 4.41. The minimum absolute atomic E-state index is 0. The molecule has 3 rings (SSSR count). The third-order valence-electron chi connectivity index (χ3n) is 3.32. The van der Waals surface area contributed by atoms with Crippen molar-refractivity contribution in [3.8, 4) is 11.3 Å². The van der Waals surface area contributed by atoms with Crippen LogP contribution in [0.25, 0.3) is 11.3 Å². The number of rotatable bonds is 3. The molecule has 0 aliphatic carbocycles. The van der Waals surface area contributed by atoms with Crippen LogP contribution in [0.1, 0.15) is 17.2 Å². The molecular weight excluding hydrogens is 264 g/mol. The SMILES string of the molecule is CNC[C@H]1OCCc2c(-c3cnco3)cccc21.Cl. The molecule has 2 aromatic rings. The van der Waals surface area contributed by atoms with Gasteiger partial charge in [-0.25, -0.2) is 4.98 Å². The van der Waals surface area contributed by atoms with Crippen LogP contribution < -0.4 is 5.32 Å². The summed E-state index contributed by atoms with van der Waals surface area (Å²) < 4.78 is 11.2. The smallest absolute Gasteiger partial charge is 0.181 e. The van der Waals surface area contributed by atoms with Gasteiger partial charge in [-0.05, 0) is 24.6 Å². The molecule has 1 aliphatic rings. The van der Waals surface area contributed by atoms with Crippen molar-refractivity contribution in [1.82, 2.24) is 10.3 Å². The Labute approximate surface area is 118 Å². The van der Waals surface area contributed by atoms with Crippen molar-refractivity contribution in [2.24, 2.45) is 0 Å². The standard InChI is InChI=1S/C14H16N2O2.ClH/c1-15-7-13-11-3-2-4-12(10(11)5-6-17-13)14-8-16-9-18-14;/h2-4,8-9,13,15H,5-7H2,1H3;1H/t13-;/m1./s1. The highest BCUT2D eigenvalue weighted by molar-refractivity contribution is 5.85. The Morgan fingerprint density at radius 3 is 3.05 bits per heavy atom. The first kappa shape index (κ1) is 14.1. The summed E-state index contributed by atoms with van der Waals surface area (Å²) in [6.07, 6.45) is 4.28. The van der Waals surface area contributed by atoms with Crippen LogP contribution in [0.3, 0.4) is 0 Å². The van der Waals surface area contributed by atoms with Crippen LogP contribution >= 0.6 is 12.4 Å². The summed E-state index contributed by atoms with van der Waals surface area (Å²) in [6.45, 7) is 1.58. The number of aromatic nitrogens is 1. The van der Waals surface area contributed by atoms with E-state index in [0.717, 1.165) is 30.9 Å². The van der Waals surface area contributed by atoms with Gasteiger partial charge in [0.15, 0.2) is 12.2 Å². The molecule has 0 bridgehead atoms. The average molecular weight is 281 g/mol. The molecule has 0 saturated carbocycles. The Hall–Kier alpha value is -1.36. The van der Waals surface area contributed by atoms with Gasteiger partial charge in [0, 0.05) is 12.1 Å². The van der Waals surface area contributed by atoms with E-state index < -0.39 is 0 Å². The molecule has 0 spiro atoms. The van der Waals surface area contributed by atoms with Gasteiger partial charge in [0.25, 0.3) is 0 Å². The van der Waals surface area contributed by atoms with E-state index in [2.05, 4.69) is 22.4 Å². The quantitative estimate of drug-likeness (QED) is 0.939. The second kappa shape index (κ2) is 6.19. The maximum atomic E-state index is 5.81. The number of hydrogen-bond donors (Lipinski definition) is 1. The van der Waals surface area contributed by atoms with Gasteiger partial charge < -0.3 is 14.5 Å². The molecule has 0 saturated heterocycles. The zero-order chi connectivity index (χ0) is 12.4. The molecule has 2 heterocycles. The summed E-state index contributed by atoms with van der Waals surface area (Å²) in [5, 5.41) is 3.17. The summed E-state index contributed by atoms with van der Waals surface area (Å²) in [6, 6.07) is 6.27. The van der Waals surface area contributed by atoms with Gasteiger partial charge in [0.2, 0.25) is 0 Å². The molecule has 1 atom stereocenters. The molecule has 0 radical (unpaired) electrons. The number of ether oxygens (including phenoxy) is 1. The number of benzene rings is 1. The van der Waals surface area contributed by atoms with Gasteiger partial charge in [0.1, 0.15) is 0 Å². The Kier molecular flexibility index (Phi) is 4.58. The monoisotopic (exact) mass is 280 g/mol. The summed E-state index contributed by atoms with van der Waals surface area (Å²) >= 11 is 0. The number of hydrogen-bond acceptors (Lipinski definition) is 4. The van der Waals surface area contributed by atoms with Crippen LogP contribution in [0.15, 0.2) is 35.2 Å². The maximum Gasteiger partial charge on any atom is 0.181 e. The summed E-state index contributed by atoms with van der Waals surface area (Å²) in [5.41, 5.74) is 3.71. The first-order valence-electron chi connectivity index (χ1n) is 6.17. The van der Waals surface area contributed by atoms with Gasteiger partial charge in [0.05, 0.1) is 18.9 Å². The van der Waals surface area contributed by atoms with Crippen LogP contribution in [0.4, 0.5) is 0 Å². The molecule has 1 N–H and O–H groups in total. The lowest BCUT2D eigenvalue weighted by molar-refractivity contribution is 0.0440. The van der Waals surface area contributed by atoms with Crippen molar-refractivity contribution in [3.63, 3.8) is 0 Å². The van der Waals surface area contributed by atoms with Crippen molar-refractivity contribution < 1.29 is 9.15 Å². The van der Waals surface area contributed by atoms with E-state index in [9.17, 15) is 0 Å². The summed E-state index contributed by atoms with van der Waals surface area (Å²) in [4.78, 5) is 3.99. The molecule has 1 aromatic heterocycles. The fourth-order valence-corrected chi connectivity index (χ4v) is 2.51. The van der Waals surface area contributed by atoms with E-state index >= 15 is 0 Å². The molecule has 0 amide bonds. The highest BCUT2D eigenvalue weighted by atomic mass is 35.5. The molecule has 1 aliphatic heterocycles. The van der Waals surface area contributed by atoms with E-state index in [1.54, 1.807) is 6.20 Å². The van der Waals surface area contributed by atoms with E-state index in [-0.39, 0.29) is 18.5 Å². The van der Waals surface area contributed by atoms with Crippen molar-refractivity contribution in [1.29, 1.82) is 0 Å². The van der Waals surface area contributed by atoms with Gasteiger partial charge >= 0.3 is 0 Å². The van der Waals surface area contributed by atoms with Crippen LogP contribution in [-0.2, 0) is 11.2 Å². The van der Waals surface area contributed by atoms with Crippen LogP contribution in [0.5, 0.6) is 0 Å².